The van der Waals surface area contributed by atoms with Crippen molar-refractivity contribution >= 4 is 38.7 Å². The van der Waals surface area contributed by atoms with Gasteiger partial charge in [-0.1, -0.05) is 23.7 Å². The van der Waals surface area contributed by atoms with Gasteiger partial charge in [0.2, 0.25) is 0 Å². The van der Waals surface area contributed by atoms with Crippen LogP contribution in [0.1, 0.15) is 10.4 Å². The van der Waals surface area contributed by atoms with E-state index in [-0.39, 0.29) is 21.2 Å². The summed E-state index contributed by atoms with van der Waals surface area (Å²) in [5, 5.41) is 2.81. The number of sulfone groups is 1. The number of anilines is 2. The van der Waals surface area contributed by atoms with Crippen LogP contribution in [0.25, 0.3) is 0 Å². The van der Waals surface area contributed by atoms with Crippen LogP contribution >= 0.6 is 11.6 Å². The highest BCUT2D eigenvalue weighted by Gasteiger charge is 2.15. The average Bonchev–Trinajstić information content (AvgIpc) is 2.37. The van der Waals surface area contributed by atoms with Crippen molar-refractivity contribution in [1.29, 1.82) is 0 Å². The molecule has 21 heavy (non-hydrogen) atoms. The topological polar surface area (TPSA) is 89.3 Å². The number of hydrogen-bond acceptors (Lipinski definition) is 4. The van der Waals surface area contributed by atoms with Crippen molar-refractivity contribution in [2.75, 3.05) is 17.3 Å². The zero-order valence-corrected chi connectivity index (χ0v) is 12.7. The second kappa shape index (κ2) is 5.75. The summed E-state index contributed by atoms with van der Waals surface area (Å²) in [7, 11) is -3.34. The average molecular weight is 325 g/mol. The van der Waals surface area contributed by atoms with E-state index < -0.39 is 15.7 Å². The fraction of sp³-hybridized carbons (Fsp3) is 0.0714. The third-order valence-electron chi connectivity index (χ3n) is 2.79. The standard InChI is InChI=1S/C14H13ClN2O3S/c1-21(19,20)10-5-2-4-9(8-10)17-14(18)13-11(15)6-3-7-12(13)16/h2-8H,16H2,1H3,(H,17,18). The number of hydrogen-bond donors (Lipinski definition) is 2. The summed E-state index contributed by atoms with van der Waals surface area (Å²) >= 11 is 5.96. The van der Waals surface area contributed by atoms with Gasteiger partial charge in [0.05, 0.1) is 15.5 Å². The van der Waals surface area contributed by atoms with Gasteiger partial charge in [-0.15, -0.1) is 0 Å². The molecule has 0 aromatic heterocycles. The van der Waals surface area contributed by atoms with Crippen LogP contribution in [0.5, 0.6) is 0 Å². The van der Waals surface area contributed by atoms with Crippen LogP contribution in [0.4, 0.5) is 11.4 Å². The number of nitrogen functional groups attached to an aromatic ring is 1. The molecule has 0 aliphatic heterocycles. The highest BCUT2D eigenvalue weighted by Crippen LogP contribution is 2.24. The van der Waals surface area contributed by atoms with Gasteiger partial charge in [0.25, 0.3) is 5.91 Å². The summed E-state index contributed by atoms with van der Waals surface area (Å²) in [4.78, 5) is 12.3. The molecule has 0 atom stereocenters. The lowest BCUT2D eigenvalue weighted by molar-refractivity contribution is 0.102. The molecule has 5 nitrogen and oxygen atoms in total. The molecule has 0 aliphatic rings. The van der Waals surface area contributed by atoms with E-state index in [1.54, 1.807) is 30.3 Å². The van der Waals surface area contributed by atoms with Crippen molar-refractivity contribution < 1.29 is 13.2 Å². The summed E-state index contributed by atoms with van der Waals surface area (Å²) in [6.45, 7) is 0. The van der Waals surface area contributed by atoms with Crippen molar-refractivity contribution in [3.05, 3.63) is 53.1 Å². The number of rotatable bonds is 3. The first kappa shape index (κ1) is 15.3. The maximum absolute atomic E-state index is 12.2. The molecule has 0 fully saturated rings. The second-order valence-electron chi connectivity index (χ2n) is 4.46. The molecule has 2 aromatic rings. The molecule has 2 aromatic carbocycles. The van der Waals surface area contributed by atoms with E-state index in [9.17, 15) is 13.2 Å². The first-order valence-electron chi connectivity index (χ1n) is 5.94. The molecule has 0 bridgehead atoms. The lowest BCUT2D eigenvalue weighted by Gasteiger charge is -2.10. The van der Waals surface area contributed by atoms with Gasteiger partial charge in [0.1, 0.15) is 0 Å². The normalized spacial score (nSPS) is 11.1. The molecular weight excluding hydrogens is 312 g/mol. The van der Waals surface area contributed by atoms with Crippen molar-refractivity contribution in [1.82, 2.24) is 0 Å². The van der Waals surface area contributed by atoms with E-state index in [1.807, 2.05) is 0 Å². The molecule has 3 N–H and O–H groups in total. The van der Waals surface area contributed by atoms with E-state index in [0.29, 0.717) is 5.69 Å². The largest absolute Gasteiger partial charge is 0.398 e. The third-order valence-corrected chi connectivity index (χ3v) is 4.22. The van der Waals surface area contributed by atoms with Crippen molar-refractivity contribution in [3.8, 4) is 0 Å². The molecule has 0 heterocycles. The van der Waals surface area contributed by atoms with Gasteiger partial charge in [-0.25, -0.2) is 8.42 Å². The van der Waals surface area contributed by atoms with Crippen molar-refractivity contribution in [2.24, 2.45) is 0 Å². The summed E-state index contributed by atoms with van der Waals surface area (Å²) in [5.41, 5.74) is 6.49. The number of carbonyl (C=O) groups is 1. The zero-order valence-electron chi connectivity index (χ0n) is 11.1. The lowest BCUT2D eigenvalue weighted by atomic mass is 10.1. The van der Waals surface area contributed by atoms with Gasteiger partial charge < -0.3 is 11.1 Å². The summed E-state index contributed by atoms with van der Waals surface area (Å²) in [5.74, 6) is -0.497. The Kier molecular flexibility index (Phi) is 4.20. The Bertz CT molecular complexity index is 783. The highest BCUT2D eigenvalue weighted by molar-refractivity contribution is 7.90. The van der Waals surface area contributed by atoms with E-state index in [0.717, 1.165) is 6.26 Å². The smallest absolute Gasteiger partial charge is 0.259 e. The Morgan fingerprint density at radius 2 is 1.86 bits per heavy atom. The fourth-order valence-electron chi connectivity index (χ4n) is 1.78. The first-order chi connectivity index (χ1) is 9.79. The molecule has 2 rings (SSSR count). The van der Waals surface area contributed by atoms with Crippen LogP contribution in [-0.4, -0.2) is 20.6 Å². The molecule has 0 saturated heterocycles. The SMILES string of the molecule is CS(=O)(=O)c1cccc(NC(=O)c2c(N)cccc2Cl)c1. The van der Waals surface area contributed by atoms with Gasteiger partial charge in [-0.3, -0.25) is 4.79 Å². The number of amides is 1. The maximum atomic E-state index is 12.2. The number of nitrogens with one attached hydrogen (secondary N) is 1. The van der Waals surface area contributed by atoms with Crippen molar-refractivity contribution in [2.45, 2.75) is 4.90 Å². The molecule has 0 unspecified atom stereocenters. The number of benzene rings is 2. The summed E-state index contributed by atoms with van der Waals surface area (Å²) < 4.78 is 23.0. The van der Waals surface area contributed by atoms with E-state index >= 15 is 0 Å². The lowest BCUT2D eigenvalue weighted by Crippen LogP contribution is -2.15. The Balaban J connectivity index is 2.33. The highest BCUT2D eigenvalue weighted by atomic mass is 35.5. The summed E-state index contributed by atoms with van der Waals surface area (Å²) in [6.07, 6.45) is 1.10. The van der Waals surface area contributed by atoms with Gasteiger partial charge in [0.15, 0.2) is 9.84 Å². The van der Waals surface area contributed by atoms with Crippen molar-refractivity contribution in [3.63, 3.8) is 0 Å². The maximum Gasteiger partial charge on any atom is 0.259 e. The molecule has 7 heteroatoms. The quantitative estimate of drug-likeness (QED) is 0.849. The van der Waals surface area contributed by atoms with Crippen LogP contribution in [0.15, 0.2) is 47.4 Å². The van der Waals surface area contributed by atoms with E-state index in [4.69, 9.17) is 17.3 Å². The predicted octanol–water partition coefficient (Wildman–Crippen LogP) is 2.58. The fourth-order valence-corrected chi connectivity index (χ4v) is 2.71. The molecule has 1 amide bonds. The first-order valence-corrected chi connectivity index (χ1v) is 8.21. The van der Waals surface area contributed by atoms with E-state index in [2.05, 4.69) is 5.32 Å². The van der Waals surface area contributed by atoms with Gasteiger partial charge in [-0.2, -0.15) is 0 Å². The summed E-state index contributed by atoms with van der Waals surface area (Å²) in [6, 6.07) is 10.7. The Labute approximate surface area is 127 Å². The van der Waals surface area contributed by atoms with Crippen LogP contribution < -0.4 is 11.1 Å². The zero-order chi connectivity index (χ0) is 15.6. The minimum atomic E-state index is -3.34. The van der Waals surface area contributed by atoms with Gasteiger partial charge in [0, 0.05) is 17.6 Å². The third kappa shape index (κ3) is 3.53. The molecular formula is C14H13ClN2O3S. The second-order valence-corrected chi connectivity index (χ2v) is 6.88. The molecule has 110 valence electrons. The molecule has 0 spiro atoms. The van der Waals surface area contributed by atoms with Crippen LogP contribution in [0.3, 0.4) is 0 Å². The minimum Gasteiger partial charge on any atom is -0.398 e. The van der Waals surface area contributed by atoms with Crippen LogP contribution in [0, 0.1) is 0 Å². The minimum absolute atomic E-state index is 0.118. The Morgan fingerprint density at radius 1 is 1.19 bits per heavy atom. The number of carbonyl (C=O) groups excluding carboxylic acids is 1. The van der Waals surface area contributed by atoms with Gasteiger partial charge >= 0.3 is 0 Å². The molecule has 0 saturated carbocycles. The molecule has 0 aliphatic carbocycles. The van der Waals surface area contributed by atoms with Crippen LogP contribution in [0.2, 0.25) is 5.02 Å². The number of halogens is 1. The number of nitrogens with two attached hydrogens (primary N) is 1. The predicted molar refractivity (Wildman–Crippen MR) is 83.4 cm³/mol. The Morgan fingerprint density at radius 3 is 2.48 bits per heavy atom. The van der Waals surface area contributed by atoms with E-state index in [1.165, 1.54) is 12.1 Å². The van der Waals surface area contributed by atoms with Gasteiger partial charge in [-0.05, 0) is 30.3 Å². The van der Waals surface area contributed by atoms with Crippen LogP contribution in [-0.2, 0) is 9.84 Å². The monoisotopic (exact) mass is 324 g/mol. The Hall–Kier alpha value is -2.05. The molecule has 0 radical (unpaired) electrons.